The molecule has 1 heterocycles. The second-order valence-electron chi connectivity index (χ2n) is 7.79. The first-order chi connectivity index (χ1) is 14.9. The van der Waals surface area contributed by atoms with E-state index in [1.807, 2.05) is 12.1 Å². The Morgan fingerprint density at radius 2 is 1.20 bits per heavy atom. The zero-order chi connectivity index (χ0) is 19.9. The lowest BCUT2D eigenvalue weighted by Gasteiger charge is -2.09. The summed E-state index contributed by atoms with van der Waals surface area (Å²) in [5.41, 5.74) is 7.06. The molecule has 0 unspecified atom stereocenters. The zero-order valence-electron chi connectivity index (χ0n) is 16.5. The molecule has 142 valence electrons. The van der Waals surface area contributed by atoms with Crippen LogP contribution in [0.2, 0.25) is 0 Å². The molecular formula is C29H20O. The van der Waals surface area contributed by atoms with Crippen molar-refractivity contribution in [1.29, 1.82) is 0 Å². The topological polar surface area (TPSA) is 13.1 Å². The summed E-state index contributed by atoms with van der Waals surface area (Å²) in [7, 11) is 0. The monoisotopic (exact) mass is 384 g/mol. The second-order valence-corrected chi connectivity index (χ2v) is 7.79. The molecule has 0 bridgehead atoms. The third kappa shape index (κ3) is 2.79. The molecule has 0 saturated carbocycles. The van der Waals surface area contributed by atoms with Gasteiger partial charge in [-0.15, -0.1) is 0 Å². The molecule has 1 heteroatoms. The minimum Gasteiger partial charge on any atom is -0.456 e. The van der Waals surface area contributed by atoms with Crippen LogP contribution < -0.4 is 0 Å². The van der Waals surface area contributed by atoms with E-state index in [9.17, 15) is 0 Å². The maximum atomic E-state index is 6.07. The van der Waals surface area contributed by atoms with Crippen LogP contribution in [0.25, 0.3) is 43.8 Å². The molecule has 0 fully saturated rings. The highest BCUT2D eigenvalue weighted by atomic mass is 16.3. The van der Waals surface area contributed by atoms with Crippen LogP contribution in [0, 0.1) is 0 Å². The summed E-state index contributed by atoms with van der Waals surface area (Å²) in [5, 5.41) is 4.95. The molecule has 0 aliphatic carbocycles. The number of rotatable bonds is 3. The molecule has 6 rings (SSSR count). The summed E-state index contributed by atoms with van der Waals surface area (Å²) in [6.45, 7) is 0. The van der Waals surface area contributed by atoms with Gasteiger partial charge in [0.25, 0.3) is 0 Å². The van der Waals surface area contributed by atoms with Crippen LogP contribution in [-0.2, 0) is 6.42 Å². The molecule has 5 aromatic carbocycles. The van der Waals surface area contributed by atoms with Gasteiger partial charge in [-0.2, -0.15) is 0 Å². The number of hydrogen-bond acceptors (Lipinski definition) is 1. The standard InChI is InChI=1S/C29H20O/c1-2-7-21(8-3-1)22-15-13-20(14-16-22)19-23-9-6-11-25-24(23)17-18-28-29(25)26-10-4-5-12-27(26)30-28/h1-18H,19H2. The fraction of sp³-hybridized carbons (Fsp3) is 0.0345. The van der Waals surface area contributed by atoms with Gasteiger partial charge in [-0.3, -0.25) is 0 Å². The number of hydrogen-bond donors (Lipinski definition) is 0. The molecule has 0 aliphatic rings. The largest absolute Gasteiger partial charge is 0.456 e. The number of fused-ring (bicyclic) bond motifs is 5. The van der Waals surface area contributed by atoms with Crippen LogP contribution in [0.15, 0.2) is 114 Å². The third-order valence-corrected chi connectivity index (χ3v) is 5.95. The lowest BCUT2D eigenvalue weighted by molar-refractivity contribution is 0.669. The van der Waals surface area contributed by atoms with Crippen LogP contribution in [-0.4, -0.2) is 0 Å². The van der Waals surface area contributed by atoms with Crippen molar-refractivity contribution in [2.75, 3.05) is 0 Å². The Morgan fingerprint density at radius 1 is 0.467 bits per heavy atom. The van der Waals surface area contributed by atoms with Gasteiger partial charge >= 0.3 is 0 Å². The average molecular weight is 384 g/mol. The van der Waals surface area contributed by atoms with E-state index in [0.29, 0.717) is 0 Å². The molecule has 0 saturated heterocycles. The van der Waals surface area contributed by atoms with E-state index in [0.717, 1.165) is 17.6 Å². The van der Waals surface area contributed by atoms with Crippen molar-refractivity contribution in [2.45, 2.75) is 6.42 Å². The predicted molar refractivity (Wildman–Crippen MR) is 126 cm³/mol. The SMILES string of the molecule is c1ccc(-c2ccc(Cc3cccc4c3ccc3oc5ccccc5c34)cc2)cc1. The van der Waals surface area contributed by atoms with Crippen molar-refractivity contribution in [3.8, 4) is 11.1 Å². The van der Waals surface area contributed by atoms with Crippen molar-refractivity contribution in [2.24, 2.45) is 0 Å². The first-order valence-corrected chi connectivity index (χ1v) is 10.3. The van der Waals surface area contributed by atoms with Crippen LogP contribution in [0.5, 0.6) is 0 Å². The number of furan rings is 1. The molecule has 0 atom stereocenters. The lowest BCUT2D eigenvalue weighted by Crippen LogP contribution is -1.90. The summed E-state index contributed by atoms with van der Waals surface area (Å²) in [6.07, 6.45) is 0.910. The van der Waals surface area contributed by atoms with Gasteiger partial charge in [0.2, 0.25) is 0 Å². The van der Waals surface area contributed by atoms with Gasteiger partial charge in [-0.1, -0.05) is 97.1 Å². The van der Waals surface area contributed by atoms with Crippen LogP contribution in [0.3, 0.4) is 0 Å². The second kappa shape index (κ2) is 6.89. The van der Waals surface area contributed by atoms with Crippen LogP contribution in [0.1, 0.15) is 11.1 Å². The first kappa shape index (κ1) is 17.1. The van der Waals surface area contributed by atoms with Gasteiger partial charge in [0, 0.05) is 10.8 Å². The Bertz CT molecular complexity index is 1490. The summed E-state index contributed by atoms with van der Waals surface area (Å²) in [6, 6.07) is 38.7. The molecule has 1 aromatic heterocycles. The van der Waals surface area contributed by atoms with E-state index < -0.39 is 0 Å². The van der Waals surface area contributed by atoms with Gasteiger partial charge in [0.1, 0.15) is 11.2 Å². The molecule has 1 nitrogen and oxygen atoms in total. The Morgan fingerprint density at radius 3 is 2.07 bits per heavy atom. The van der Waals surface area contributed by atoms with Crippen molar-refractivity contribution < 1.29 is 4.42 Å². The Hall–Kier alpha value is -3.84. The van der Waals surface area contributed by atoms with Gasteiger partial charge in [-0.05, 0) is 51.6 Å². The molecule has 30 heavy (non-hydrogen) atoms. The highest BCUT2D eigenvalue weighted by molar-refractivity contribution is 6.19. The fourth-order valence-electron chi connectivity index (χ4n) is 4.47. The van der Waals surface area contributed by atoms with Gasteiger partial charge < -0.3 is 4.42 Å². The van der Waals surface area contributed by atoms with Crippen molar-refractivity contribution in [3.63, 3.8) is 0 Å². The molecular weight excluding hydrogens is 364 g/mol. The summed E-state index contributed by atoms with van der Waals surface area (Å²) >= 11 is 0. The van der Waals surface area contributed by atoms with Crippen molar-refractivity contribution in [1.82, 2.24) is 0 Å². The smallest absolute Gasteiger partial charge is 0.136 e. The molecule has 0 amide bonds. The van der Waals surface area contributed by atoms with E-state index in [2.05, 4.69) is 97.1 Å². The van der Waals surface area contributed by atoms with E-state index >= 15 is 0 Å². The number of benzene rings is 5. The Labute approximate surface area is 175 Å². The summed E-state index contributed by atoms with van der Waals surface area (Å²) in [4.78, 5) is 0. The first-order valence-electron chi connectivity index (χ1n) is 10.3. The molecule has 0 aliphatic heterocycles. The van der Waals surface area contributed by atoms with Crippen LogP contribution in [0.4, 0.5) is 0 Å². The van der Waals surface area contributed by atoms with E-state index in [1.54, 1.807) is 0 Å². The van der Waals surface area contributed by atoms with Crippen molar-refractivity contribution >= 4 is 32.7 Å². The predicted octanol–water partition coefficient (Wildman–Crippen LogP) is 8.00. The van der Waals surface area contributed by atoms with E-state index in [-0.39, 0.29) is 0 Å². The summed E-state index contributed by atoms with van der Waals surface area (Å²) < 4.78 is 6.07. The maximum absolute atomic E-state index is 6.07. The van der Waals surface area contributed by atoms with Gasteiger partial charge in [0.05, 0.1) is 0 Å². The van der Waals surface area contributed by atoms with E-state index in [1.165, 1.54) is 43.8 Å². The Kier molecular flexibility index (Phi) is 3.92. The number of para-hydroxylation sites is 1. The Balaban J connectivity index is 1.43. The van der Waals surface area contributed by atoms with Crippen LogP contribution >= 0.6 is 0 Å². The summed E-state index contributed by atoms with van der Waals surface area (Å²) in [5.74, 6) is 0. The lowest BCUT2D eigenvalue weighted by atomic mass is 9.95. The minimum atomic E-state index is 0.910. The molecule has 0 N–H and O–H groups in total. The molecule has 6 aromatic rings. The van der Waals surface area contributed by atoms with E-state index in [4.69, 9.17) is 4.42 Å². The maximum Gasteiger partial charge on any atom is 0.136 e. The van der Waals surface area contributed by atoms with Crippen molar-refractivity contribution in [3.05, 3.63) is 120 Å². The normalized spacial score (nSPS) is 11.5. The fourth-order valence-corrected chi connectivity index (χ4v) is 4.47. The van der Waals surface area contributed by atoms with Gasteiger partial charge in [-0.25, -0.2) is 0 Å². The quantitative estimate of drug-likeness (QED) is 0.301. The molecule has 0 spiro atoms. The third-order valence-electron chi connectivity index (χ3n) is 5.95. The zero-order valence-corrected chi connectivity index (χ0v) is 16.5. The minimum absolute atomic E-state index is 0.910. The molecule has 0 radical (unpaired) electrons. The highest BCUT2D eigenvalue weighted by Crippen LogP contribution is 2.36. The average Bonchev–Trinajstić information content (AvgIpc) is 3.19. The van der Waals surface area contributed by atoms with Gasteiger partial charge in [0.15, 0.2) is 0 Å². The highest BCUT2D eigenvalue weighted by Gasteiger charge is 2.12.